The maximum atomic E-state index is 5.68. The molecule has 0 radical (unpaired) electrons. The molecule has 0 aliphatic heterocycles. The van der Waals surface area contributed by atoms with Gasteiger partial charge in [0.05, 0.1) is 132 Å². The summed E-state index contributed by atoms with van der Waals surface area (Å²) in [5.41, 5.74) is 0. The van der Waals surface area contributed by atoms with Crippen LogP contribution in [-0.2, 0) is 52.1 Å². The van der Waals surface area contributed by atoms with E-state index >= 15 is 0 Å². The highest BCUT2D eigenvalue weighted by atomic mass is 16.6. The fourth-order valence-corrected chi connectivity index (χ4v) is 4.82. The lowest BCUT2D eigenvalue weighted by molar-refractivity contribution is -0.0278. The predicted molar refractivity (Wildman–Crippen MR) is 204 cm³/mol. The van der Waals surface area contributed by atoms with E-state index in [2.05, 4.69) is 20.8 Å². The van der Waals surface area contributed by atoms with Crippen molar-refractivity contribution in [3.05, 3.63) is 0 Å². The van der Waals surface area contributed by atoms with Crippen LogP contribution < -0.4 is 0 Å². The van der Waals surface area contributed by atoms with Crippen LogP contribution in [0.2, 0.25) is 0 Å². The first-order chi connectivity index (χ1) is 25.3. The van der Waals surface area contributed by atoms with Crippen LogP contribution >= 0.6 is 0 Å². The zero-order valence-corrected chi connectivity index (χ0v) is 33.5. The smallest absolute Gasteiger partial charge is 0.0701 e. The first-order valence-electron chi connectivity index (χ1n) is 20.7. The van der Waals surface area contributed by atoms with Gasteiger partial charge in [0.2, 0.25) is 0 Å². The Hall–Kier alpha value is -0.440. The zero-order valence-electron chi connectivity index (χ0n) is 33.5. The van der Waals surface area contributed by atoms with Crippen LogP contribution in [0.15, 0.2) is 0 Å². The SMILES string of the molecule is CCCCCCCCCCCCCCCOCCOCCOCCOCCOCCOCCOCCOCCOCCOCCOCC(C)CC. The lowest BCUT2D eigenvalue weighted by atomic mass is 10.0. The summed E-state index contributed by atoms with van der Waals surface area (Å²) in [5.74, 6) is 0.600. The van der Waals surface area contributed by atoms with Gasteiger partial charge in [-0.15, -0.1) is 0 Å². The van der Waals surface area contributed by atoms with E-state index in [4.69, 9.17) is 52.1 Å². The second-order valence-corrected chi connectivity index (χ2v) is 13.0. The Balaban J connectivity index is 3.05. The van der Waals surface area contributed by atoms with Crippen molar-refractivity contribution in [2.75, 3.05) is 145 Å². The molecule has 0 aromatic heterocycles. The fraction of sp³-hybridized carbons (Fsp3) is 1.00. The Bertz CT molecular complexity index is 603. The minimum atomic E-state index is 0.527. The summed E-state index contributed by atoms with van der Waals surface area (Å²) < 4.78 is 60.8. The normalized spacial score (nSPS) is 12.3. The number of unbranched alkanes of at least 4 members (excludes halogenated alkanes) is 12. The van der Waals surface area contributed by atoms with E-state index in [1.165, 1.54) is 77.0 Å². The number of hydrogen-bond acceptors (Lipinski definition) is 11. The molecular formula is C40H82O11. The average Bonchev–Trinajstić information content (AvgIpc) is 3.14. The molecule has 51 heavy (non-hydrogen) atoms. The molecule has 11 heteroatoms. The van der Waals surface area contributed by atoms with E-state index in [1.54, 1.807) is 0 Å². The third kappa shape index (κ3) is 47.5. The summed E-state index contributed by atoms with van der Waals surface area (Å²) in [7, 11) is 0. The Morgan fingerprint density at radius 1 is 0.255 bits per heavy atom. The lowest BCUT2D eigenvalue weighted by Gasteiger charge is -2.10. The molecule has 0 N–H and O–H groups in total. The molecule has 0 rings (SSSR count). The Morgan fingerprint density at radius 2 is 0.471 bits per heavy atom. The molecule has 1 unspecified atom stereocenters. The summed E-state index contributed by atoms with van der Waals surface area (Å²) in [5, 5.41) is 0. The maximum Gasteiger partial charge on any atom is 0.0701 e. The third-order valence-electron chi connectivity index (χ3n) is 8.21. The van der Waals surface area contributed by atoms with Gasteiger partial charge in [-0.2, -0.15) is 0 Å². The first kappa shape index (κ1) is 50.6. The average molecular weight is 739 g/mol. The van der Waals surface area contributed by atoms with Gasteiger partial charge in [0.1, 0.15) is 0 Å². The minimum absolute atomic E-state index is 0.527. The van der Waals surface area contributed by atoms with Crippen molar-refractivity contribution >= 4 is 0 Å². The van der Waals surface area contributed by atoms with Crippen LogP contribution in [0, 0.1) is 5.92 Å². The molecule has 0 aliphatic rings. The molecule has 0 heterocycles. The van der Waals surface area contributed by atoms with E-state index < -0.39 is 0 Å². The topological polar surface area (TPSA) is 102 Å². The van der Waals surface area contributed by atoms with Crippen LogP contribution in [0.4, 0.5) is 0 Å². The quantitative estimate of drug-likeness (QED) is 0.0588. The van der Waals surface area contributed by atoms with Crippen molar-refractivity contribution in [3.8, 4) is 0 Å². The summed E-state index contributed by atoms with van der Waals surface area (Å²) in [4.78, 5) is 0. The highest BCUT2D eigenvalue weighted by molar-refractivity contribution is 4.49. The van der Waals surface area contributed by atoms with Gasteiger partial charge < -0.3 is 52.1 Å². The highest BCUT2D eigenvalue weighted by Gasteiger charge is 1.99. The molecule has 0 aliphatic carbocycles. The molecule has 11 nitrogen and oxygen atoms in total. The first-order valence-corrected chi connectivity index (χ1v) is 20.7. The van der Waals surface area contributed by atoms with Gasteiger partial charge in [0.25, 0.3) is 0 Å². The molecule has 308 valence electrons. The van der Waals surface area contributed by atoms with Crippen molar-refractivity contribution in [1.82, 2.24) is 0 Å². The lowest BCUT2D eigenvalue weighted by Crippen LogP contribution is -2.15. The van der Waals surface area contributed by atoms with E-state index in [1.807, 2.05) is 0 Å². The monoisotopic (exact) mass is 739 g/mol. The molecule has 0 bridgehead atoms. The van der Waals surface area contributed by atoms with Crippen LogP contribution in [0.1, 0.15) is 111 Å². The summed E-state index contributed by atoms with van der Waals surface area (Å²) in [6.07, 6.45) is 18.9. The van der Waals surface area contributed by atoms with Crippen LogP contribution in [0.3, 0.4) is 0 Å². The van der Waals surface area contributed by atoms with E-state index in [0.717, 1.165) is 26.1 Å². The second-order valence-electron chi connectivity index (χ2n) is 13.0. The van der Waals surface area contributed by atoms with Crippen molar-refractivity contribution in [2.45, 2.75) is 111 Å². The number of rotatable bonds is 47. The zero-order chi connectivity index (χ0) is 36.8. The molecule has 0 fully saturated rings. The van der Waals surface area contributed by atoms with Crippen LogP contribution in [0.25, 0.3) is 0 Å². The van der Waals surface area contributed by atoms with Crippen LogP contribution in [0.5, 0.6) is 0 Å². The minimum Gasteiger partial charge on any atom is -0.379 e. The molecule has 1 atom stereocenters. The van der Waals surface area contributed by atoms with Gasteiger partial charge in [-0.25, -0.2) is 0 Å². The predicted octanol–water partition coefficient (Wildman–Crippen LogP) is 7.31. The number of ether oxygens (including phenoxy) is 11. The van der Waals surface area contributed by atoms with Gasteiger partial charge >= 0.3 is 0 Å². The van der Waals surface area contributed by atoms with Gasteiger partial charge in [0, 0.05) is 13.2 Å². The highest BCUT2D eigenvalue weighted by Crippen LogP contribution is 2.12. The fourth-order valence-electron chi connectivity index (χ4n) is 4.82. The Labute approximate surface area is 313 Å². The largest absolute Gasteiger partial charge is 0.379 e. The molecule has 0 spiro atoms. The molecule has 0 aromatic carbocycles. The van der Waals surface area contributed by atoms with Gasteiger partial charge in [-0.05, 0) is 12.3 Å². The number of hydrogen-bond donors (Lipinski definition) is 0. The third-order valence-corrected chi connectivity index (χ3v) is 8.21. The summed E-state index contributed by atoms with van der Waals surface area (Å²) in [6, 6.07) is 0. The van der Waals surface area contributed by atoms with Crippen molar-refractivity contribution in [2.24, 2.45) is 5.92 Å². The van der Waals surface area contributed by atoms with Gasteiger partial charge in [0.15, 0.2) is 0 Å². The summed E-state index contributed by atoms with van der Waals surface area (Å²) in [6.45, 7) is 19.4. The molecular weight excluding hydrogens is 656 g/mol. The van der Waals surface area contributed by atoms with E-state index in [9.17, 15) is 0 Å². The van der Waals surface area contributed by atoms with E-state index in [-0.39, 0.29) is 0 Å². The Kier molecular flexibility index (Phi) is 47.2. The standard InChI is InChI=1S/C40H82O11/c1-4-6-7-8-9-10-11-12-13-14-15-16-17-18-41-19-20-42-21-22-43-23-24-44-25-26-45-27-28-46-29-30-47-31-32-48-33-34-49-35-36-50-37-38-51-39-40(3)5-2/h40H,4-39H2,1-3H3. The molecule has 0 saturated carbocycles. The second kappa shape index (κ2) is 47.6. The molecule has 0 saturated heterocycles. The van der Waals surface area contributed by atoms with Crippen molar-refractivity contribution in [1.29, 1.82) is 0 Å². The van der Waals surface area contributed by atoms with Crippen LogP contribution in [-0.4, -0.2) is 145 Å². The van der Waals surface area contributed by atoms with Gasteiger partial charge in [-0.3, -0.25) is 0 Å². The Morgan fingerprint density at radius 3 is 0.725 bits per heavy atom. The summed E-state index contributed by atoms with van der Waals surface area (Å²) >= 11 is 0. The molecule has 0 aromatic rings. The van der Waals surface area contributed by atoms with Gasteiger partial charge in [-0.1, -0.05) is 104 Å². The maximum absolute atomic E-state index is 5.68. The van der Waals surface area contributed by atoms with Crippen molar-refractivity contribution in [3.63, 3.8) is 0 Å². The van der Waals surface area contributed by atoms with Crippen molar-refractivity contribution < 1.29 is 52.1 Å². The van der Waals surface area contributed by atoms with E-state index in [0.29, 0.717) is 138 Å². The molecule has 0 amide bonds.